The number of nitro groups is 1. The maximum Gasteiger partial charge on any atom is 0.324 e. The molecule has 0 spiro atoms. The molecule has 0 N–H and O–H groups in total. The second-order valence-electron chi connectivity index (χ2n) is 4.87. The highest BCUT2D eigenvalue weighted by molar-refractivity contribution is 7.17. The van der Waals surface area contributed by atoms with E-state index >= 15 is 0 Å². The molecule has 0 fully saturated rings. The van der Waals surface area contributed by atoms with E-state index in [1.165, 1.54) is 29.0 Å². The van der Waals surface area contributed by atoms with Crippen molar-refractivity contribution in [2.75, 3.05) is 0 Å². The summed E-state index contributed by atoms with van der Waals surface area (Å²) < 4.78 is 2.97. The van der Waals surface area contributed by atoms with Crippen molar-refractivity contribution in [1.29, 1.82) is 0 Å². The van der Waals surface area contributed by atoms with Crippen LogP contribution < -0.4 is 4.80 Å². The number of para-hydroxylation sites is 1. The number of carbonyl (C=O) groups excluding carboxylic acids is 1. The zero-order chi connectivity index (χ0) is 16.6. The maximum atomic E-state index is 12.2. The van der Waals surface area contributed by atoms with Gasteiger partial charge in [-0.25, -0.2) is 0 Å². The van der Waals surface area contributed by atoms with E-state index in [0.717, 1.165) is 28.0 Å². The van der Waals surface area contributed by atoms with E-state index in [1.807, 2.05) is 23.7 Å². The lowest BCUT2D eigenvalue weighted by Crippen LogP contribution is -2.13. The zero-order valence-electron chi connectivity index (χ0n) is 12.5. The largest absolute Gasteiger partial charge is 0.324 e. The van der Waals surface area contributed by atoms with Gasteiger partial charge in [-0.05, 0) is 24.1 Å². The van der Waals surface area contributed by atoms with Gasteiger partial charge in [-0.3, -0.25) is 14.9 Å². The molecule has 6 nitrogen and oxygen atoms in total. The fourth-order valence-electron chi connectivity index (χ4n) is 2.36. The Morgan fingerprint density at radius 2 is 2.09 bits per heavy atom. The first-order chi connectivity index (χ1) is 11.0. The number of fused-ring (bicyclic) bond motifs is 1. The lowest BCUT2D eigenvalue weighted by atomic mass is 10.1. The average molecular weight is 347 g/mol. The maximum absolute atomic E-state index is 12.2. The molecule has 8 heteroatoms. The summed E-state index contributed by atoms with van der Waals surface area (Å²) in [6.07, 6.45) is 0.895. The third kappa shape index (κ3) is 2.82. The summed E-state index contributed by atoms with van der Waals surface area (Å²) in [4.78, 5) is 27.4. The first-order valence-corrected chi connectivity index (χ1v) is 8.55. The minimum absolute atomic E-state index is 0.0578. The van der Waals surface area contributed by atoms with Gasteiger partial charge in [0.2, 0.25) is 0 Å². The van der Waals surface area contributed by atoms with Crippen LogP contribution in [-0.4, -0.2) is 15.4 Å². The number of amides is 1. The Labute approximate surface area is 139 Å². The normalized spacial score (nSPS) is 12.0. The molecule has 1 amide bonds. The number of carbonyl (C=O) groups is 1. The van der Waals surface area contributed by atoms with E-state index in [-0.39, 0.29) is 9.88 Å². The predicted molar refractivity (Wildman–Crippen MR) is 91.0 cm³/mol. The van der Waals surface area contributed by atoms with Crippen LogP contribution in [0.4, 0.5) is 5.00 Å². The van der Waals surface area contributed by atoms with Gasteiger partial charge in [-0.15, -0.1) is 0 Å². The van der Waals surface area contributed by atoms with Crippen molar-refractivity contribution in [3.05, 3.63) is 55.7 Å². The van der Waals surface area contributed by atoms with Crippen LogP contribution in [-0.2, 0) is 13.5 Å². The Morgan fingerprint density at radius 1 is 1.30 bits per heavy atom. The van der Waals surface area contributed by atoms with Gasteiger partial charge in [-0.2, -0.15) is 4.99 Å². The first kappa shape index (κ1) is 15.6. The summed E-state index contributed by atoms with van der Waals surface area (Å²) in [5.41, 5.74) is 2.27. The van der Waals surface area contributed by atoms with Gasteiger partial charge in [0.1, 0.15) is 4.88 Å². The quantitative estimate of drug-likeness (QED) is 0.537. The molecule has 0 unspecified atom stereocenters. The van der Waals surface area contributed by atoms with Crippen molar-refractivity contribution in [1.82, 2.24) is 4.57 Å². The molecule has 0 aliphatic heterocycles. The van der Waals surface area contributed by atoms with Crippen molar-refractivity contribution in [3.8, 4) is 0 Å². The van der Waals surface area contributed by atoms with Crippen molar-refractivity contribution in [2.24, 2.45) is 12.0 Å². The summed E-state index contributed by atoms with van der Waals surface area (Å²) in [6.45, 7) is 2.08. The fraction of sp³-hybridized carbons (Fsp3) is 0.200. The molecule has 0 aliphatic rings. The molecule has 3 rings (SSSR count). The predicted octanol–water partition coefficient (Wildman–Crippen LogP) is 3.51. The van der Waals surface area contributed by atoms with E-state index in [9.17, 15) is 14.9 Å². The minimum atomic E-state index is -0.506. The molecule has 118 valence electrons. The van der Waals surface area contributed by atoms with Crippen LogP contribution in [0.15, 0.2) is 35.3 Å². The summed E-state index contributed by atoms with van der Waals surface area (Å²) in [5.74, 6) is -0.455. The number of hydrogen-bond acceptors (Lipinski definition) is 5. The van der Waals surface area contributed by atoms with Crippen LogP contribution in [0.2, 0.25) is 0 Å². The van der Waals surface area contributed by atoms with Crippen LogP contribution in [0.5, 0.6) is 0 Å². The van der Waals surface area contributed by atoms with Crippen molar-refractivity contribution < 1.29 is 9.72 Å². The Bertz CT molecular complexity index is 981. The van der Waals surface area contributed by atoms with Gasteiger partial charge >= 0.3 is 5.00 Å². The third-order valence-corrected chi connectivity index (χ3v) is 5.59. The Morgan fingerprint density at radius 3 is 2.74 bits per heavy atom. The van der Waals surface area contributed by atoms with Crippen LogP contribution in [0.1, 0.15) is 22.2 Å². The molecule has 0 saturated heterocycles. The molecule has 23 heavy (non-hydrogen) atoms. The summed E-state index contributed by atoms with van der Waals surface area (Å²) >= 11 is 2.28. The summed E-state index contributed by atoms with van der Waals surface area (Å²) in [5, 5.41) is 10.7. The number of thiazole rings is 1. The van der Waals surface area contributed by atoms with Gasteiger partial charge in [0.15, 0.2) is 4.80 Å². The highest BCUT2D eigenvalue weighted by Crippen LogP contribution is 2.25. The molecule has 0 atom stereocenters. The van der Waals surface area contributed by atoms with Crippen molar-refractivity contribution in [2.45, 2.75) is 13.3 Å². The molecule has 1 aromatic carbocycles. The highest BCUT2D eigenvalue weighted by atomic mass is 32.1. The number of thiophene rings is 1. The molecule has 0 saturated carbocycles. The van der Waals surface area contributed by atoms with E-state index in [0.29, 0.717) is 4.80 Å². The van der Waals surface area contributed by atoms with Crippen LogP contribution >= 0.6 is 22.7 Å². The number of nitrogens with zero attached hydrogens (tertiary/aromatic N) is 3. The van der Waals surface area contributed by atoms with Gasteiger partial charge in [0, 0.05) is 13.1 Å². The highest BCUT2D eigenvalue weighted by Gasteiger charge is 2.15. The topological polar surface area (TPSA) is 77.5 Å². The van der Waals surface area contributed by atoms with Gasteiger partial charge in [0.25, 0.3) is 5.91 Å². The van der Waals surface area contributed by atoms with Crippen LogP contribution in [0.3, 0.4) is 0 Å². The number of aromatic nitrogens is 1. The van der Waals surface area contributed by atoms with Crippen molar-refractivity contribution in [3.63, 3.8) is 0 Å². The van der Waals surface area contributed by atoms with E-state index < -0.39 is 10.8 Å². The number of hydrogen-bond donors (Lipinski definition) is 0. The van der Waals surface area contributed by atoms with Gasteiger partial charge < -0.3 is 4.57 Å². The average Bonchev–Trinajstić information content (AvgIpc) is 3.13. The lowest BCUT2D eigenvalue weighted by molar-refractivity contribution is -0.380. The zero-order valence-corrected chi connectivity index (χ0v) is 14.1. The van der Waals surface area contributed by atoms with Crippen LogP contribution in [0, 0.1) is 10.1 Å². The smallest absolute Gasteiger partial charge is 0.319 e. The third-order valence-electron chi connectivity index (χ3n) is 3.47. The molecular formula is C15H13N3O3S2. The summed E-state index contributed by atoms with van der Waals surface area (Å²) in [7, 11) is 1.88. The number of rotatable bonds is 3. The molecule has 3 aromatic rings. The second kappa shape index (κ2) is 6.05. The van der Waals surface area contributed by atoms with E-state index in [1.54, 1.807) is 0 Å². The monoisotopic (exact) mass is 347 g/mol. The molecular weight excluding hydrogens is 334 g/mol. The van der Waals surface area contributed by atoms with Gasteiger partial charge in [-0.1, -0.05) is 41.7 Å². The van der Waals surface area contributed by atoms with Gasteiger partial charge in [0.05, 0.1) is 15.1 Å². The van der Waals surface area contributed by atoms with Crippen molar-refractivity contribution >= 4 is 43.8 Å². The second-order valence-corrected chi connectivity index (χ2v) is 6.94. The SMILES string of the molecule is CCc1cccc2sc(=NC(=O)c3ccc([N+](=O)[O-])s3)n(C)c12. The Hall–Kier alpha value is -2.32. The Kier molecular flexibility index (Phi) is 4.10. The standard InChI is InChI=1S/C15H13N3O3S2/c1-3-9-5-4-6-10-13(9)17(2)15(23-10)16-14(19)11-7-8-12(22-11)18(20)21/h4-8H,3H2,1-2H3. The molecule has 2 aromatic heterocycles. The van der Waals surface area contributed by atoms with Crippen LogP contribution in [0.25, 0.3) is 10.2 Å². The number of benzene rings is 1. The molecule has 0 aliphatic carbocycles. The lowest BCUT2D eigenvalue weighted by Gasteiger charge is -2.01. The fourth-order valence-corrected chi connectivity index (χ4v) is 4.13. The summed E-state index contributed by atoms with van der Waals surface area (Å²) in [6, 6.07) is 8.82. The minimum Gasteiger partial charge on any atom is -0.319 e. The van der Waals surface area contributed by atoms with E-state index in [2.05, 4.69) is 18.0 Å². The Balaban J connectivity index is 2.08. The first-order valence-electron chi connectivity index (χ1n) is 6.92. The molecule has 0 bridgehead atoms. The van der Waals surface area contributed by atoms with E-state index in [4.69, 9.17) is 0 Å². The molecule has 2 heterocycles. The number of aryl methyl sites for hydroxylation is 2. The molecule has 0 radical (unpaired) electrons.